The minimum absolute atomic E-state index is 0.0333. The van der Waals surface area contributed by atoms with Crippen molar-refractivity contribution < 1.29 is 23.6 Å². The molecule has 214 valence electrons. The van der Waals surface area contributed by atoms with Crippen LogP contribution in [0.2, 0.25) is 0 Å². The standard InChI is InChI=1S/C31H40N4O5/c1-3-11-27-28(30(36)39-4-2)29(40-33-27)32-31(37)35(19-18-34-20-22-38-23-21-34)17-16-26(24-12-7-5-8-13-24)25-14-9-6-10-15-25/h5-10,12-15,26H,3-4,11,16-23H2,1-2H3,(H,32,37). The summed E-state index contributed by atoms with van der Waals surface area (Å²) in [7, 11) is 0. The van der Waals surface area contributed by atoms with E-state index in [4.69, 9.17) is 14.0 Å². The van der Waals surface area contributed by atoms with Crippen LogP contribution in [0.25, 0.3) is 0 Å². The number of esters is 1. The third-order valence-electron chi connectivity index (χ3n) is 7.12. The molecule has 9 nitrogen and oxygen atoms in total. The zero-order valence-electron chi connectivity index (χ0n) is 23.5. The van der Waals surface area contributed by atoms with Crippen LogP contribution >= 0.6 is 0 Å². The molecule has 1 aliphatic rings. The topological polar surface area (TPSA) is 97.1 Å². The quantitative estimate of drug-likeness (QED) is 0.294. The number of amides is 2. The summed E-state index contributed by atoms with van der Waals surface area (Å²) in [6.45, 7) is 8.76. The van der Waals surface area contributed by atoms with Crippen molar-refractivity contribution in [2.24, 2.45) is 0 Å². The molecule has 2 aromatic carbocycles. The van der Waals surface area contributed by atoms with Crippen molar-refractivity contribution in [3.05, 3.63) is 83.0 Å². The minimum Gasteiger partial charge on any atom is -0.462 e. The second-order valence-electron chi connectivity index (χ2n) is 9.84. The van der Waals surface area contributed by atoms with Gasteiger partial charge in [0.1, 0.15) is 11.3 Å². The Kier molecular flexibility index (Phi) is 11.1. The number of aryl methyl sites for hydroxylation is 1. The summed E-state index contributed by atoms with van der Waals surface area (Å²) >= 11 is 0. The zero-order valence-corrected chi connectivity index (χ0v) is 23.5. The maximum atomic E-state index is 13.7. The largest absolute Gasteiger partial charge is 0.462 e. The summed E-state index contributed by atoms with van der Waals surface area (Å²) in [5, 5.41) is 6.90. The summed E-state index contributed by atoms with van der Waals surface area (Å²) < 4.78 is 16.2. The van der Waals surface area contributed by atoms with E-state index in [0.29, 0.717) is 38.4 Å². The Hall–Kier alpha value is -3.69. The fraction of sp³-hybridized carbons (Fsp3) is 0.452. The second kappa shape index (κ2) is 15.2. The Balaban J connectivity index is 1.54. The number of carbonyl (C=O) groups excluding carboxylic acids is 2. The number of hydrogen-bond acceptors (Lipinski definition) is 7. The predicted octanol–water partition coefficient (Wildman–Crippen LogP) is 5.19. The van der Waals surface area contributed by atoms with Gasteiger partial charge >= 0.3 is 12.0 Å². The number of carbonyl (C=O) groups is 2. The molecule has 9 heteroatoms. The van der Waals surface area contributed by atoms with Gasteiger partial charge < -0.3 is 18.9 Å². The number of nitrogens with one attached hydrogen (secondary N) is 1. The Morgan fingerprint density at radius 3 is 2.25 bits per heavy atom. The molecule has 0 saturated carbocycles. The lowest BCUT2D eigenvalue weighted by Crippen LogP contribution is -2.44. The average molecular weight is 549 g/mol. The van der Waals surface area contributed by atoms with Gasteiger partial charge in [-0.1, -0.05) is 79.2 Å². The van der Waals surface area contributed by atoms with Crippen LogP contribution in [-0.4, -0.2) is 79.5 Å². The van der Waals surface area contributed by atoms with Gasteiger partial charge in [0.05, 0.1) is 19.8 Å². The van der Waals surface area contributed by atoms with E-state index in [1.54, 1.807) is 11.8 Å². The lowest BCUT2D eigenvalue weighted by Gasteiger charge is -2.31. The molecule has 1 saturated heterocycles. The van der Waals surface area contributed by atoms with Crippen molar-refractivity contribution in [2.45, 2.75) is 39.0 Å². The molecule has 0 aliphatic carbocycles. The summed E-state index contributed by atoms with van der Waals surface area (Å²) in [5.74, 6) is -0.390. The lowest BCUT2D eigenvalue weighted by molar-refractivity contribution is 0.0351. The van der Waals surface area contributed by atoms with Crippen molar-refractivity contribution >= 4 is 17.9 Å². The molecule has 0 bridgehead atoms. The highest BCUT2D eigenvalue weighted by molar-refractivity contribution is 6.00. The van der Waals surface area contributed by atoms with Crippen molar-refractivity contribution in [1.29, 1.82) is 0 Å². The summed E-state index contributed by atoms with van der Waals surface area (Å²) in [6, 6.07) is 20.4. The predicted molar refractivity (Wildman–Crippen MR) is 154 cm³/mol. The van der Waals surface area contributed by atoms with Gasteiger partial charge in [-0.25, -0.2) is 9.59 Å². The number of aromatic nitrogens is 1. The van der Waals surface area contributed by atoms with E-state index in [0.717, 1.165) is 32.5 Å². The summed E-state index contributed by atoms with van der Waals surface area (Å²) in [4.78, 5) is 30.5. The molecule has 0 radical (unpaired) electrons. The maximum Gasteiger partial charge on any atom is 0.345 e. The molecule has 40 heavy (non-hydrogen) atoms. The number of anilines is 1. The highest BCUT2D eigenvalue weighted by atomic mass is 16.5. The highest BCUT2D eigenvalue weighted by Gasteiger charge is 2.27. The minimum atomic E-state index is -0.546. The first kappa shape index (κ1) is 29.3. The van der Waals surface area contributed by atoms with Crippen molar-refractivity contribution in [2.75, 3.05) is 57.9 Å². The van der Waals surface area contributed by atoms with E-state index in [9.17, 15) is 9.59 Å². The van der Waals surface area contributed by atoms with Crippen LogP contribution in [0.1, 0.15) is 59.8 Å². The van der Waals surface area contributed by atoms with Gasteiger partial charge in [0, 0.05) is 38.6 Å². The summed E-state index contributed by atoms with van der Waals surface area (Å²) in [5.41, 5.74) is 3.08. The van der Waals surface area contributed by atoms with Crippen LogP contribution in [0.5, 0.6) is 0 Å². The molecule has 2 heterocycles. The molecule has 1 fully saturated rings. The highest BCUT2D eigenvalue weighted by Crippen LogP contribution is 2.29. The van der Waals surface area contributed by atoms with E-state index >= 15 is 0 Å². The maximum absolute atomic E-state index is 13.7. The van der Waals surface area contributed by atoms with E-state index < -0.39 is 5.97 Å². The molecule has 2 amide bonds. The third kappa shape index (κ3) is 7.92. The van der Waals surface area contributed by atoms with Crippen LogP contribution in [0.3, 0.4) is 0 Å². The molecule has 4 rings (SSSR count). The normalized spacial score (nSPS) is 13.8. The Morgan fingerprint density at radius 2 is 1.65 bits per heavy atom. The second-order valence-corrected chi connectivity index (χ2v) is 9.84. The molecular formula is C31H40N4O5. The molecule has 3 aromatic rings. The van der Waals surface area contributed by atoms with E-state index in [-0.39, 0.29) is 30.0 Å². The number of benzene rings is 2. The molecular weight excluding hydrogens is 508 g/mol. The van der Waals surface area contributed by atoms with Crippen molar-refractivity contribution in [3.63, 3.8) is 0 Å². The molecule has 0 unspecified atom stereocenters. The van der Waals surface area contributed by atoms with Gasteiger partial charge in [0.15, 0.2) is 0 Å². The van der Waals surface area contributed by atoms with Crippen LogP contribution in [0.4, 0.5) is 10.7 Å². The fourth-order valence-electron chi connectivity index (χ4n) is 4.99. The van der Waals surface area contributed by atoms with Crippen LogP contribution < -0.4 is 5.32 Å². The first-order valence-corrected chi connectivity index (χ1v) is 14.2. The molecule has 1 N–H and O–H groups in total. The number of nitrogens with zero attached hydrogens (tertiary/aromatic N) is 3. The monoisotopic (exact) mass is 548 g/mol. The van der Waals surface area contributed by atoms with Gasteiger partial charge in [-0.15, -0.1) is 0 Å². The van der Waals surface area contributed by atoms with E-state index in [1.807, 2.05) is 43.3 Å². The van der Waals surface area contributed by atoms with Crippen LogP contribution in [-0.2, 0) is 15.9 Å². The van der Waals surface area contributed by atoms with Crippen molar-refractivity contribution in [3.8, 4) is 0 Å². The van der Waals surface area contributed by atoms with Crippen molar-refractivity contribution in [1.82, 2.24) is 15.0 Å². The SMILES string of the molecule is CCCc1noc(NC(=O)N(CCC(c2ccccc2)c2ccccc2)CCN2CCOCC2)c1C(=O)OCC. The smallest absolute Gasteiger partial charge is 0.345 e. The van der Waals surface area contributed by atoms with E-state index in [2.05, 4.69) is 39.6 Å². The Bertz CT molecular complexity index is 1160. The van der Waals surface area contributed by atoms with E-state index in [1.165, 1.54) is 11.1 Å². The van der Waals surface area contributed by atoms with Gasteiger partial charge in [0.25, 0.3) is 0 Å². The molecule has 0 atom stereocenters. The number of urea groups is 1. The van der Waals surface area contributed by atoms with Crippen LogP contribution in [0.15, 0.2) is 65.2 Å². The van der Waals surface area contributed by atoms with Gasteiger partial charge in [-0.05, 0) is 30.9 Å². The molecule has 1 aliphatic heterocycles. The average Bonchev–Trinajstić information content (AvgIpc) is 3.38. The first-order valence-electron chi connectivity index (χ1n) is 14.2. The number of hydrogen-bond donors (Lipinski definition) is 1. The molecule has 0 spiro atoms. The lowest BCUT2D eigenvalue weighted by atomic mass is 9.88. The number of rotatable bonds is 13. The molecule has 1 aromatic heterocycles. The van der Waals surface area contributed by atoms with Gasteiger partial charge in [-0.3, -0.25) is 10.2 Å². The van der Waals surface area contributed by atoms with Gasteiger partial charge in [0.2, 0.25) is 5.88 Å². The zero-order chi connectivity index (χ0) is 28.2. The Morgan fingerprint density at radius 1 is 1.00 bits per heavy atom. The Labute approximate surface area is 236 Å². The van der Waals surface area contributed by atoms with Gasteiger partial charge in [-0.2, -0.15) is 0 Å². The van der Waals surface area contributed by atoms with Crippen LogP contribution in [0, 0.1) is 0 Å². The fourth-order valence-corrected chi connectivity index (χ4v) is 4.99. The first-order chi connectivity index (χ1) is 19.6. The third-order valence-corrected chi connectivity index (χ3v) is 7.12. The number of morpholine rings is 1. The summed E-state index contributed by atoms with van der Waals surface area (Å²) in [6.07, 6.45) is 2.05. The number of ether oxygens (including phenoxy) is 2.